The van der Waals surface area contributed by atoms with Gasteiger partial charge in [-0.15, -0.1) is 0 Å². The van der Waals surface area contributed by atoms with Crippen LogP contribution in [-0.2, 0) is 14.3 Å². The molecule has 0 aromatic carbocycles. The van der Waals surface area contributed by atoms with Gasteiger partial charge in [-0.05, 0) is 13.8 Å². The smallest absolute Gasteiger partial charge is 0.330 e. The Morgan fingerprint density at radius 3 is 2.86 bits per heavy atom. The van der Waals surface area contributed by atoms with E-state index >= 15 is 0 Å². The van der Waals surface area contributed by atoms with Crippen LogP contribution in [0, 0.1) is 12.8 Å². The lowest BCUT2D eigenvalue weighted by Gasteiger charge is -2.26. The first kappa shape index (κ1) is 15.5. The summed E-state index contributed by atoms with van der Waals surface area (Å²) >= 11 is 0. The second-order valence-electron chi connectivity index (χ2n) is 5.31. The van der Waals surface area contributed by atoms with Crippen LogP contribution in [0.25, 0.3) is 0 Å². The number of aryl methyl sites for hydroxylation is 1. The Balaban J connectivity index is 2.46. The van der Waals surface area contributed by atoms with Gasteiger partial charge in [0.15, 0.2) is 0 Å². The Kier molecular flexibility index (Phi) is 4.02. The van der Waals surface area contributed by atoms with E-state index in [9.17, 15) is 19.5 Å². The minimum absolute atomic E-state index is 0.0795. The maximum atomic E-state index is 12.1. The zero-order chi connectivity index (χ0) is 15.8. The molecule has 8 heteroatoms. The predicted octanol–water partition coefficient (Wildman–Crippen LogP) is -0.696. The molecule has 0 saturated carbocycles. The van der Waals surface area contributed by atoms with Gasteiger partial charge in [0.2, 0.25) is 0 Å². The monoisotopic (exact) mass is 298 g/mol. The van der Waals surface area contributed by atoms with E-state index in [2.05, 4.69) is 4.98 Å². The highest BCUT2D eigenvalue weighted by molar-refractivity contribution is 5.74. The maximum Gasteiger partial charge on any atom is 0.330 e. The fraction of sp³-hybridized carbons (Fsp3) is 0.615. The number of carbonyl (C=O) groups excluding carboxylic acids is 1. The SMILES string of the molecule is COC(=O)C1CC(n2c(=O)[nH]cc(C)c2=O)OC1(C)CO. The number of carbonyl (C=O) groups is 1. The molecule has 0 aliphatic carbocycles. The molecular formula is C13H18N2O6. The highest BCUT2D eigenvalue weighted by Crippen LogP contribution is 2.40. The van der Waals surface area contributed by atoms with Crippen LogP contribution in [-0.4, -0.2) is 39.9 Å². The Morgan fingerprint density at radius 1 is 1.62 bits per heavy atom. The van der Waals surface area contributed by atoms with Gasteiger partial charge in [-0.2, -0.15) is 0 Å². The number of hydrogen-bond acceptors (Lipinski definition) is 6. The zero-order valence-corrected chi connectivity index (χ0v) is 12.1. The molecule has 21 heavy (non-hydrogen) atoms. The van der Waals surface area contributed by atoms with E-state index < -0.39 is 41.6 Å². The number of methoxy groups -OCH3 is 1. The third kappa shape index (κ3) is 2.52. The van der Waals surface area contributed by atoms with Crippen molar-refractivity contribution >= 4 is 5.97 Å². The summed E-state index contributed by atoms with van der Waals surface area (Å²) in [6, 6.07) is 0. The number of rotatable bonds is 3. The molecule has 2 N–H and O–H groups in total. The third-order valence-electron chi connectivity index (χ3n) is 3.85. The minimum atomic E-state index is -1.20. The largest absolute Gasteiger partial charge is 0.469 e. The van der Waals surface area contributed by atoms with E-state index in [0.29, 0.717) is 5.56 Å². The first-order valence-electron chi connectivity index (χ1n) is 6.51. The predicted molar refractivity (Wildman–Crippen MR) is 71.8 cm³/mol. The summed E-state index contributed by atoms with van der Waals surface area (Å²) in [5.41, 5.74) is -1.96. The molecule has 3 atom stereocenters. The molecule has 2 heterocycles. The first-order valence-corrected chi connectivity index (χ1v) is 6.51. The fourth-order valence-corrected chi connectivity index (χ4v) is 2.53. The number of ether oxygens (including phenoxy) is 2. The second kappa shape index (κ2) is 5.45. The van der Waals surface area contributed by atoms with Crippen LogP contribution in [0.5, 0.6) is 0 Å². The van der Waals surface area contributed by atoms with Crippen LogP contribution in [0.3, 0.4) is 0 Å². The van der Waals surface area contributed by atoms with Gasteiger partial charge in [0.05, 0.1) is 19.6 Å². The lowest BCUT2D eigenvalue weighted by atomic mass is 9.89. The molecule has 1 fully saturated rings. The van der Waals surface area contributed by atoms with Crippen molar-refractivity contribution in [3.8, 4) is 0 Å². The summed E-state index contributed by atoms with van der Waals surface area (Å²) in [4.78, 5) is 38.2. The van der Waals surface area contributed by atoms with E-state index in [-0.39, 0.29) is 6.42 Å². The average molecular weight is 298 g/mol. The van der Waals surface area contributed by atoms with Crippen LogP contribution in [0.2, 0.25) is 0 Å². The minimum Gasteiger partial charge on any atom is -0.469 e. The number of nitrogens with one attached hydrogen (secondary N) is 1. The molecule has 1 aliphatic rings. The van der Waals surface area contributed by atoms with Crippen molar-refractivity contribution in [2.75, 3.05) is 13.7 Å². The van der Waals surface area contributed by atoms with Crippen molar-refractivity contribution in [2.45, 2.75) is 32.1 Å². The van der Waals surface area contributed by atoms with Gasteiger partial charge in [0.1, 0.15) is 11.8 Å². The molecule has 3 unspecified atom stereocenters. The van der Waals surface area contributed by atoms with Crippen LogP contribution in [0.15, 0.2) is 15.8 Å². The number of esters is 1. The van der Waals surface area contributed by atoms with E-state index in [1.165, 1.54) is 13.3 Å². The third-order valence-corrected chi connectivity index (χ3v) is 3.85. The lowest BCUT2D eigenvalue weighted by Crippen LogP contribution is -2.42. The van der Waals surface area contributed by atoms with Crippen LogP contribution < -0.4 is 11.2 Å². The average Bonchev–Trinajstić information content (AvgIpc) is 2.81. The molecule has 0 radical (unpaired) electrons. The van der Waals surface area contributed by atoms with Gasteiger partial charge >= 0.3 is 11.7 Å². The van der Waals surface area contributed by atoms with E-state index in [1.54, 1.807) is 13.8 Å². The highest BCUT2D eigenvalue weighted by atomic mass is 16.6. The molecular weight excluding hydrogens is 280 g/mol. The van der Waals surface area contributed by atoms with Gasteiger partial charge in [-0.3, -0.25) is 9.59 Å². The van der Waals surface area contributed by atoms with Crippen molar-refractivity contribution in [3.63, 3.8) is 0 Å². The molecule has 0 spiro atoms. The van der Waals surface area contributed by atoms with Crippen molar-refractivity contribution in [2.24, 2.45) is 5.92 Å². The molecule has 1 aromatic heterocycles. The first-order chi connectivity index (χ1) is 9.84. The highest BCUT2D eigenvalue weighted by Gasteiger charge is 2.50. The molecule has 0 amide bonds. The molecule has 0 bridgehead atoms. The number of nitrogens with zero attached hydrogens (tertiary/aromatic N) is 1. The number of H-pyrrole nitrogens is 1. The number of aromatic amines is 1. The quantitative estimate of drug-likeness (QED) is 0.714. The summed E-state index contributed by atoms with van der Waals surface area (Å²) in [5, 5.41) is 9.49. The summed E-state index contributed by atoms with van der Waals surface area (Å²) in [5.74, 6) is -1.31. The van der Waals surface area contributed by atoms with Gasteiger partial charge < -0.3 is 19.6 Å². The molecule has 2 rings (SSSR count). The van der Waals surface area contributed by atoms with Crippen molar-refractivity contribution in [1.82, 2.24) is 9.55 Å². The zero-order valence-electron chi connectivity index (χ0n) is 12.1. The van der Waals surface area contributed by atoms with Gasteiger partial charge in [-0.1, -0.05) is 0 Å². The molecule has 1 aromatic rings. The topological polar surface area (TPSA) is 111 Å². The Hall–Kier alpha value is -1.93. The summed E-state index contributed by atoms with van der Waals surface area (Å²) < 4.78 is 11.2. The van der Waals surface area contributed by atoms with Crippen molar-refractivity contribution < 1.29 is 19.4 Å². The Bertz CT molecular complexity index is 663. The fourth-order valence-electron chi connectivity index (χ4n) is 2.53. The van der Waals surface area contributed by atoms with Crippen molar-refractivity contribution in [3.05, 3.63) is 32.6 Å². The van der Waals surface area contributed by atoms with Crippen LogP contribution in [0.4, 0.5) is 0 Å². The van der Waals surface area contributed by atoms with E-state index in [1.807, 2.05) is 0 Å². The van der Waals surface area contributed by atoms with Crippen LogP contribution >= 0.6 is 0 Å². The van der Waals surface area contributed by atoms with Gasteiger partial charge in [0, 0.05) is 18.2 Å². The van der Waals surface area contributed by atoms with Gasteiger partial charge in [0.25, 0.3) is 5.56 Å². The van der Waals surface area contributed by atoms with Crippen LogP contribution in [0.1, 0.15) is 25.1 Å². The summed E-state index contributed by atoms with van der Waals surface area (Å²) in [6.45, 7) is 2.68. The number of aromatic nitrogens is 2. The summed E-state index contributed by atoms with van der Waals surface area (Å²) in [6.07, 6.45) is 0.470. The second-order valence-corrected chi connectivity index (χ2v) is 5.31. The Labute approximate surface area is 120 Å². The van der Waals surface area contributed by atoms with E-state index in [0.717, 1.165) is 4.57 Å². The van der Waals surface area contributed by atoms with Crippen molar-refractivity contribution in [1.29, 1.82) is 0 Å². The van der Waals surface area contributed by atoms with Gasteiger partial charge in [-0.25, -0.2) is 9.36 Å². The number of aliphatic hydroxyl groups excluding tert-OH is 1. The molecule has 1 aliphatic heterocycles. The molecule has 1 saturated heterocycles. The van der Waals surface area contributed by atoms with E-state index in [4.69, 9.17) is 9.47 Å². The maximum absolute atomic E-state index is 12.1. The lowest BCUT2D eigenvalue weighted by molar-refractivity contribution is -0.156. The normalized spacial score (nSPS) is 28.6. The standard InChI is InChI=1S/C13H18N2O6/c1-7-5-14-12(19)15(10(7)17)9-4-8(11(18)20-3)13(2,6-16)21-9/h5,8-9,16H,4,6H2,1-3H3,(H,14,19). The summed E-state index contributed by atoms with van der Waals surface area (Å²) in [7, 11) is 1.24. The number of aliphatic hydroxyl groups is 1. The number of hydrogen-bond donors (Lipinski definition) is 2. The Morgan fingerprint density at radius 2 is 2.29 bits per heavy atom. The molecule has 8 nitrogen and oxygen atoms in total. The molecule has 116 valence electrons.